The molecule has 44 heavy (non-hydrogen) atoms. The molecule has 236 valence electrons. The number of nitrogens with zero attached hydrogens (tertiary/aromatic N) is 1. The van der Waals surface area contributed by atoms with E-state index in [1.54, 1.807) is 18.1 Å². The van der Waals surface area contributed by atoms with Crippen LogP contribution in [-0.4, -0.2) is 67.5 Å². The molecule has 0 aliphatic carbocycles. The van der Waals surface area contributed by atoms with E-state index < -0.39 is 42.1 Å². The third-order valence-electron chi connectivity index (χ3n) is 7.24. The van der Waals surface area contributed by atoms with Gasteiger partial charge in [0.05, 0.1) is 38.5 Å². The molecule has 1 aliphatic heterocycles. The Morgan fingerprint density at radius 1 is 0.818 bits per heavy atom. The number of methoxy groups -OCH3 is 1. The average Bonchev–Trinajstić information content (AvgIpc) is 3.33. The van der Waals surface area contributed by atoms with Gasteiger partial charge in [-0.3, -0.25) is 4.90 Å². The van der Waals surface area contributed by atoms with Crippen molar-refractivity contribution in [3.63, 3.8) is 0 Å². The second-order valence-electron chi connectivity index (χ2n) is 11.7. The largest absolute Gasteiger partial charge is 0.444 e. The molecule has 8 heteroatoms. The Kier molecular flexibility index (Phi) is 12.5. The maximum absolute atomic E-state index is 14.1. The molecule has 1 heterocycles. The highest BCUT2D eigenvalue weighted by molar-refractivity contribution is 5.70. The molecule has 1 aliphatic rings. The van der Waals surface area contributed by atoms with Crippen LogP contribution in [0.15, 0.2) is 104 Å². The fourth-order valence-electron chi connectivity index (χ4n) is 5.30. The molecule has 8 nitrogen and oxygen atoms in total. The number of amides is 1. The summed E-state index contributed by atoms with van der Waals surface area (Å²) in [5.41, 5.74) is 2.28. The summed E-state index contributed by atoms with van der Waals surface area (Å²) in [5.74, 6) is 0. The second-order valence-corrected chi connectivity index (χ2v) is 11.7. The van der Waals surface area contributed by atoms with Crippen molar-refractivity contribution in [1.29, 1.82) is 0 Å². The Hall–Kier alpha value is -3.53. The summed E-state index contributed by atoms with van der Waals surface area (Å²) >= 11 is 0. The van der Waals surface area contributed by atoms with Crippen LogP contribution < -0.4 is 0 Å². The van der Waals surface area contributed by atoms with Crippen LogP contribution in [-0.2, 0) is 48.2 Å². The lowest BCUT2D eigenvalue weighted by molar-refractivity contribution is -0.116. The zero-order valence-electron chi connectivity index (χ0n) is 26.2. The van der Waals surface area contributed by atoms with Crippen LogP contribution in [0.1, 0.15) is 37.5 Å². The van der Waals surface area contributed by atoms with E-state index in [2.05, 4.69) is 6.58 Å². The first-order chi connectivity index (χ1) is 21.3. The molecule has 0 radical (unpaired) electrons. The summed E-state index contributed by atoms with van der Waals surface area (Å²) in [6.45, 7) is 10.8. The Labute approximate surface area is 261 Å². The molecule has 3 aromatic rings. The van der Waals surface area contributed by atoms with Gasteiger partial charge in [-0.2, -0.15) is 0 Å². The number of ether oxygens (including phenoxy) is 6. The second kappa shape index (κ2) is 16.5. The maximum Gasteiger partial charge on any atom is 0.411 e. The van der Waals surface area contributed by atoms with Gasteiger partial charge in [-0.05, 0) is 37.5 Å². The van der Waals surface area contributed by atoms with Crippen LogP contribution in [0.2, 0.25) is 0 Å². The van der Waals surface area contributed by atoms with Crippen molar-refractivity contribution in [3.8, 4) is 0 Å². The topological polar surface area (TPSA) is 75.7 Å². The molecule has 1 fully saturated rings. The van der Waals surface area contributed by atoms with Crippen LogP contribution >= 0.6 is 0 Å². The summed E-state index contributed by atoms with van der Waals surface area (Å²) in [4.78, 5) is 15.7. The van der Waals surface area contributed by atoms with Crippen LogP contribution in [0, 0.1) is 0 Å². The minimum absolute atomic E-state index is 0.00542. The van der Waals surface area contributed by atoms with E-state index in [-0.39, 0.29) is 13.4 Å². The maximum atomic E-state index is 14.1. The fourth-order valence-corrected chi connectivity index (χ4v) is 5.30. The van der Waals surface area contributed by atoms with E-state index >= 15 is 0 Å². The van der Waals surface area contributed by atoms with Crippen LogP contribution in [0.5, 0.6) is 0 Å². The molecular formula is C36H45NO7. The molecule has 0 saturated carbocycles. The summed E-state index contributed by atoms with van der Waals surface area (Å²) in [7, 11) is 1.55. The highest BCUT2D eigenvalue weighted by atomic mass is 16.7. The summed E-state index contributed by atoms with van der Waals surface area (Å²) < 4.78 is 36.9. The third-order valence-corrected chi connectivity index (χ3v) is 7.24. The van der Waals surface area contributed by atoms with Gasteiger partial charge in [-0.1, -0.05) is 97.1 Å². The Bertz CT molecular complexity index is 1270. The van der Waals surface area contributed by atoms with Gasteiger partial charge >= 0.3 is 6.09 Å². The highest BCUT2D eigenvalue weighted by Crippen LogP contribution is 2.36. The molecule has 0 spiro atoms. The molecule has 0 N–H and O–H groups in total. The Balaban J connectivity index is 1.73. The standard InChI is InChI=1S/C36H45NO7/c1-6-31(43-26-39-5)32-34(42-24-29-20-14-9-15-21-29)33(41-23-28-18-12-8-13-19-28)30(37(32)35(38)44-36(2,3)4)25-40-22-27-16-10-7-11-17-27/h6-21,30-34H,1,22-26H2,2-5H3/t30-,31-,32+,33-,34-/m1/s1. The third kappa shape index (κ3) is 9.48. The van der Waals surface area contributed by atoms with E-state index in [1.807, 2.05) is 112 Å². The Morgan fingerprint density at radius 2 is 1.32 bits per heavy atom. The number of rotatable bonds is 15. The molecule has 1 saturated heterocycles. The first-order valence-electron chi connectivity index (χ1n) is 15.0. The monoisotopic (exact) mass is 603 g/mol. The van der Waals surface area contributed by atoms with Crippen LogP contribution in [0.3, 0.4) is 0 Å². The summed E-state index contributed by atoms with van der Waals surface area (Å²) in [5, 5.41) is 0. The zero-order chi connectivity index (χ0) is 31.4. The van der Waals surface area contributed by atoms with Crippen molar-refractivity contribution in [3.05, 3.63) is 120 Å². The van der Waals surface area contributed by atoms with Gasteiger partial charge < -0.3 is 28.4 Å². The van der Waals surface area contributed by atoms with Gasteiger partial charge in [0, 0.05) is 7.11 Å². The molecule has 0 bridgehead atoms. The lowest BCUT2D eigenvalue weighted by atomic mass is 10.0. The number of likely N-dealkylation sites (tertiary alicyclic amines) is 1. The van der Waals surface area contributed by atoms with E-state index in [0.29, 0.717) is 19.8 Å². The summed E-state index contributed by atoms with van der Waals surface area (Å²) in [6.07, 6.45) is -0.688. The summed E-state index contributed by atoms with van der Waals surface area (Å²) in [6, 6.07) is 28.5. The van der Waals surface area contributed by atoms with Crippen molar-refractivity contribution in [2.75, 3.05) is 20.5 Å². The van der Waals surface area contributed by atoms with Gasteiger partial charge in [-0.15, -0.1) is 6.58 Å². The molecule has 4 rings (SSSR count). The highest BCUT2D eigenvalue weighted by Gasteiger charge is 2.56. The zero-order valence-corrected chi connectivity index (χ0v) is 26.2. The van der Waals surface area contributed by atoms with Gasteiger partial charge in [0.2, 0.25) is 0 Å². The van der Waals surface area contributed by atoms with Gasteiger partial charge in [-0.25, -0.2) is 4.79 Å². The molecule has 1 amide bonds. The molecule has 5 atom stereocenters. The predicted octanol–water partition coefficient (Wildman–Crippen LogP) is 6.54. The van der Waals surface area contributed by atoms with E-state index in [1.165, 1.54) is 0 Å². The van der Waals surface area contributed by atoms with E-state index in [0.717, 1.165) is 16.7 Å². The molecule has 0 aromatic heterocycles. The SMILES string of the molecule is C=C[C@@H](OCOC)[C@H]1[C@@H](OCc2ccccc2)[C@H](OCc2ccccc2)[C@@H](COCc2ccccc2)N1C(=O)OC(C)(C)C. The lowest BCUT2D eigenvalue weighted by Gasteiger charge is -2.35. The predicted molar refractivity (Wildman–Crippen MR) is 169 cm³/mol. The first-order valence-corrected chi connectivity index (χ1v) is 15.0. The number of carbonyl (C=O) groups is 1. The van der Waals surface area contributed by atoms with Gasteiger partial charge in [0.1, 0.15) is 30.7 Å². The minimum Gasteiger partial charge on any atom is -0.444 e. The molecular weight excluding hydrogens is 558 g/mol. The van der Waals surface area contributed by atoms with Gasteiger partial charge in [0.25, 0.3) is 0 Å². The normalized spacial score (nSPS) is 20.8. The van der Waals surface area contributed by atoms with Crippen molar-refractivity contribution in [2.24, 2.45) is 0 Å². The average molecular weight is 604 g/mol. The Morgan fingerprint density at radius 3 is 1.80 bits per heavy atom. The number of carbonyl (C=O) groups excluding carboxylic acids is 1. The number of hydrogen-bond donors (Lipinski definition) is 0. The number of hydrogen-bond acceptors (Lipinski definition) is 7. The van der Waals surface area contributed by atoms with Crippen molar-refractivity contribution < 1.29 is 33.2 Å². The lowest BCUT2D eigenvalue weighted by Crippen LogP contribution is -2.52. The first kappa shape index (κ1) is 33.4. The quantitative estimate of drug-likeness (QED) is 0.144. The van der Waals surface area contributed by atoms with Crippen molar-refractivity contribution in [1.82, 2.24) is 4.90 Å². The van der Waals surface area contributed by atoms with Crippen LogP contribution in [0.4, 0.5) is 4.79 Å². The van der Waals surface area contributed by atoms with Crippen molar-refractivity contribution >= 4 is 6.09 Å². The molecule has 3 aromatic carbocycles. The molecule has 0 unspecified atom stereocenters. The van der Waals surface area contributed by atoms with Gasteiger partial charge in [0.15, 0.2) is 0 Å². The fraction of sp³-hybridized carbons (Fsp3) is 0.417. The number of benzene rings is 3. The minimum atomic E-state index is -0.739. The van der Waals surface area contributed by atoms with Crippen LogP contribution in [0.25, 0.3) is 0 Å². The smallest absolute Gasteiger partial charge is 0.411 e. The van der Waals surface area contributed by atoms with E-state index in [9.17, 15) is 4.79 Å². The van der Waals surface area contributed by atoms with Crippen molar-refractivity contribution in [2.45, 2.75) is 76.6 Å². The van der Waals surface area contributed by atoms with E-state index in [4.69, 9.17) is 28.4 Å².